The maximum Gasteiger partial charge on any atom is 0.251 e. The summed E-state index contributed by atoms with van der Waals surface area (Å²) < 4.78 is 6.46. The molecule has 25 heavy (non-hydrogen) atoms. The van der Waals surface area contributed by atoms with Crippen LogP contribution in [0, 0.1) is 0 Å². The van der Waals surface area contributed by atoms with E-state index in [0.29, 0.717) is 32.8 Å². The Kier molecular flexibility index (Phi) is 6.09. The fourth-order valence-corrected chi connectivity index (χ4v) is 3.52. The summed E-state index contributed by atoms with van der Waals surface area (Å²) in [4.78, 5) is 28.8. The van der Waals surface area contributed by atoms with Gasteiger partial charge in [-0.1, -0.05) is 15.9 Å². The molecule has 2 saturated heterocycles. The zero-order valence-corrected chi connectivity index (χ0v) is 16.0. The van der Waals surface area contributed by atoms with Crippen LogP contribution in [-0.4, -0.2) is 66.5 Å². The number of piperazine rings is 1. The third kappa shape index (κ3) is 4.59. The highest BCUT2D eigenvalue weighted by molar-refractivity contribution is 9.10. The molecule has 1 aromatic rings. The van der Waals surface area contributed by atoms with Crippen molar-refractivity contribution in [2.75, 3.05) is 38.1 Å². The summed E-state index contributed by atoms with van der Waals surface area (Å²) in [5, 5.41) is 2.94. The lowest BCUT2D eigenvalue weighted by Gasteiger charge is -2.38. The van der Waals surface area contributed by atoms with E-state index in [4.69, 9.17) is 4.74 Å². The van der Waals surface area contributed by atoms with Crippen LogP contribution in [0.2, 0.25) is 0 Å². The normalized spacial score (nSPS) is 22.6. The molecule has 6 nitrogen and oxygen atoms in total. The molecule has 0 aliphatic carbocycles. The first-order valence-electron chi connectivity index (χ1n) is 8.75. The molecule has 2 aliphatic rings. The molecule has 0 radical (unpaired) electrons. The number of carbonyl (C=O) groups is 2. The third-order valence-corrected chi connectivity index (χ3v) is 5.40. The summed E-state index contributed by atoms with van der Waals surface area (Å²) in [5.74, 6) is 0.0744. The van der Waals surface area contributed by atoms with E-state index in [1.165, 1.54) is 0 Å². The molecule has 3 rings (SSSR count). The van der Waals surface area contributed by atoms with E-state index < -0.39 is 0 Å². The number of rotatable bonds is 4. The van der Waals surface area contributed by atoms with Gasteiger partial charge < -0.3 is 15.0 Å². The lowest BCUT2D eigenvalue weighted by atomic mass is 10.1. The van der Waals surface area contributed by atoms with Crippen molar-refractivity contribution in [1.29, 1.82) is 0 Å². The standard InChI is InChI=1S/C18H24BrN3O3/c1-13(17(23)20-15-6-4-14(19)5-7-15)21-8-10-22(11-9-21)18(24)16-3-2-12-25-16/h4-7,13,16H,2-3,8-12H2,1H3,(H,20,23). The lowest BCUT2D eigenvalue weighted by molar-refractivity contribution is -0.143. The van der Waals surface area contributed by atoms with Crippen molar-refractivity contribution in [1.82, 2.24) is 9.80 Å². The number of hydrogen-bond acceptors (Lipinski definition) is 4. The largest absolute Gasteiger partial charge is 0.368 e. The van der Waals surface area contributed by atoms with Crippen molar-refractivity contribution >= 4 is 33.4 Å². The van der Waals surface area contributed by atoms with Crippen LogP contribution < -0.4 is 5.32 Å². The summed E-state index contributed by atoms with van der Waals surface area (Å²) >= 11 is 3.38. The van der Waals surface area contributed by atoms with E-state index in [1.54, 1.807) is 0 Å². The van der Waals surface area contributed by atoms with Gasteiger partial charge in [0.25, 0.3) is 5.91 Å². The fraction of sp³-hybridized carbons (Fsp3) is 0.556. The van der Waals surface area contributed by atoms with Crippen molar-refractivity contribution in [2.24, 2.45) is 0 Å². The Morgan fingerprint density at radius 3 is 2.48 bits per heavy atom. The predicted octanol–water partition coefficient (Wildman–Crippen LogP) is 2.10. The Morgan fingerprint density at radius 1 is 1.20 bits per heavy atom. The molecule has 2 atom stereocenters. The second kappa shape index (κ2) is 8.29. The molecule has 2 amide bonds. The Balaban J connectivity index is 1.48. The van der Waals surface area contributed by atoms with Gasteiger partial charge in [-0.05, 0) is 44.0 Å². The first-order chi connectivity index (χ1) is 12.0. The van der Waals surface area contributed by atoms with E-state index >= 15 is 0 Å². The summed E-state index contributed by atoms with van der Waals surface area (Å²) in [6.07, 6.45) is 1.53. The minimum absolute atomic E-state index is 0.0266. The third-order valence-electron chi connectivity index (χ3n) is 4.87. The van der Waals surface area contributed by atoms with E-state index in [9.17, 15) is 9.59 Å². The minimum atomic E-state index is -0.260. The van der Waals surface area contributed by atoms with Crippen LogP contribution in [0.3, 0.4) is 0 Å². The molecule has 0 bridgehead atoms. The van der Waals surface area contributed by atoms with Gasteiger partial charge in [-0.25, -0.2) is 0 Å². The van der Waals surface area contributed by atoms with Crippen molar-refractivity contribution in [3.05, 3.63) is 28.7 Å². The van der Waals surface area contributed by atoms with Gasteiger partial charge in [0, 0.05) is 42.9 Å². The number of halogens is 1. The number of hydrogen-bond donors (Lipinski definition) is 1. The van der Waals surface area contributed by atoms with Crippen LogP contribution in [0.25, 0.3) is 0 Å². The summed E-state index contributed by atoms with van der Waals surface area (Å²) in [6.45, 7) is 5.29. The van der Waals surface area contributed by atoms with E-state index in [1.807, 2.05) is 36.1 Å². The van der Waals surface area contributed by atoms with Gasteiger partial charge in [-0.15, -0.1) is 0 Å². The van der Waals surface area contributed by atoms with Crippen LogP contribution in [0.15, 0.2) is 28.7 Å². The van der Waals surface area contributed by atoms with Crippen LogP contribution >= 0.6 is 15.9 Å². The summed E-state index contributed by atoms with van der Waals surface area (Å²) in [5.41, 5.74) is 0.784. The molecule has 2 aliphatic heterocycles. The maximum absolute atomic E-state index is 12.5. The number of benzene rings is 1. The molecule has 2 fully saturated rings. The highest BCUT2D eigenvalue weighted by atomic mass is 79.9. The van der Waals surface area contributed by atoms with Gasteiger partial charge in [0.05, 0.1) is 6.04 Å². The van der Waals surface area contributed by atoms with Crippen molar-refractivity contribution in [3.8, 4) is 0 Å². The molecular formula is C18H24BrN3O3. The zero-order chi connectivity index (χ0) is 17.8. The van der Waals surface area contributed by atoms with E-state index in [-0.39, 0.29) is 24.0 Å². The van der Waals surface area contributed by atoms with E-state index in [0.717, 1.165) is 23.0 Å². The van der Waals surface area contributed by atoms with E-state index in [2.05, 4.69) is 26.1 Å². The molecule has 0 saturated carbocycles. The summed E-state index contributed by atoms with van der Waals surface area (Å²) in [7, 11) is 0. The van der Waals surface area contributed by atoms with Crippen molar-refractivity contribution in [2.45, 2.75) is 31.9 Å². The van der Waals surface area contributed by atoms with Crippen molar-refractivity contribution < 1.29 is 14.3 Å². The second-order valence-electron chi connectivity index (χ2n) is 6.54. The van der Waals surface area contributed by atoms with Gasteiger partial charge in [-0.3, -0.25) is 14.5 Å². The Hall–Kier alpha value is -1.44. The zero-order valence-electron chi connectivity index (χ0n) is 14.4. The minimum Gasteiger partial charge on any atom is -0.368 e. The highest BCUT2D eigenvalue weighted by Crippen LogP contribution is 2.18. The summed E-state index contributed by atoms with van der Waals surface area (Å²) in [6, 6.07) is 7.30. The number of anilines is 1. The number of nitrogens with one attached hydrogen (secondary N) is 1. The number of nitrogens with zero attached hydrogens (tertiary/aromatic N) is 2. The van der Waals surface area contributed by atoms with Crippen molar-refractivity contribution in [3.63, 3.8) is 0 Å². The fourth-order valence-electron chi connectivity index (χ4n) is 3.25. The number of ether oxygens (including phenoxy) is 1. The van der Waals surface area contributed by atoms with Gasteiger partial charge >= 0.3 is 0 Å². The SMILES string of the molecule is CC(C(=O)Nc1ccc(Br)cc1)N1CCN(C(=O)C2CCCO2)CC1. The molecule has 1 aromatic carbocycles. The van der Waals surface area contributed by atoms with Crippen LogP contribution in [-0.2, 0) is 14.3 Å². The van der Waals surface area contributed by atoms with Gasteiger partial charge in [0.2, 0.25) is 5.91 Å². The molecule has 2 unspecified atom stereocenters. The van der Waals surface area contributed by atoms with Gasteiger partial charge in [0.1, 0.15) is 6.10 Å². The molecule has 0 spiro atoms. The van der Waals surface area contributed by atoms with Gasteiger partial charge in [0.15, 0.2) is 0 Å². The van der Waals surface area contributed by atoms with Crippen LogP contribution in [0.1, 0.15) is 19.8 Å². The lowest BCUT2D eigenvalue weighted by Crippen LogP contribution is -2.55. The number of carbonyl (C=O) groups excluding carboxylic acids is 2. The predicted molar refractivity (Wildman–Crippen MR) is 99.4 cm³/mol. The molecule has 2 heterocycles. The molecule has 0 aromatic heterocycles. The quantitative estimate of drug-likeness (QED) is 0.826. The average molecular weight is 410 g/mol. The molecule has 136 valence electrons. The Bertz CT molecular complexity index is 608. The molecular weight excluding hydrogens is 386 g/mol. The monoisotopic (exact) mass is 409 g/mol. The van der Waals surface area contributed by atoms with Gasteiger partial charge in [-0.2, -0.15) is 0 Å². The highest BCUT2D eigenvalue weighted by Gasteiger charge is 2.32. The maximum atomic E-state index is 12.5. The van der Waals surface area contributed by atoms with Crippen LogP contribution in [0.4, 0.5) is 5.69 Å². The first-order valence-corrected chi connectivity index (χ1v) is 9.55. The van der Waals surface area contributed by atoms with Crippen LogP contribution in [0.5, 0.6) is 0 Å². The molecule has 1 N–H and O–H groups in total. The Labute approximate surface area is 156 Å². The topological polar surface area (TPSA) is 61.9 Å². The molecule has 7 heteroatoms. The average Bonchev–Trinajstić information content (AvgIpc) is 3.17. The first kappa shape index (κ1) is 18.4. The smallest absolute Gasteiger partial charge is 0.251 e. The Morgan fingerprint density at radius 2 is 1.88 bits per heavy atom. The number of amides is 2. The second-order valence-corrected chi connectivity index (χ2v) is 7.45.